The summed E-state index contributed by atoms with van der Waals surface area (Å²) < 4.78 is 5.77. The largest absolute Gasteiger partial charge is 0.487 e. The molecule has 1 atom stereocenters. The fourth-order valence-corrected chi connectivity index (χ4v) is 2.77. The Morgan fingerprint density at radius 3 is 2.68 bits per heavy atom. The molecule has 1 heterocycles. The van der Waals surface area contributed by atoms with E-state index >= 15 is 0 Å². The highest BCUT2D eigenvalue weighted by molar-refractivity contribution is 5.95. The predicted octanol–water partition coefficient (Wildman–Crippen LogP) is 2.19. The van der Waals surface area contributed by atoms with E-state index in [1.165, 1.54) is 12.1 Å². The van der Waals surface area contributed by atoms with Crippen LogP contribution in [0.3, 0.4) is 0 Å². The zero-order valence-electron chi connectivity index (χ0n) is 13.7. The third-order valence-corrected chi connectivity index (χ3v) is 3.88. The molecule has 7 nitrogen and oxygen atoms in total. The summed E-state index contributed by atoms with van der Waals surface area (Å²) in [5.74, 6) is -0.534. The molecular formula is C18H19N3O4. The van der Waals surface area contributed by atoms with Crippen LogP contribution in [0.2, 0.25) is 0 Å². The molecule has 0 saturated carbocycles. The van der Waals surface area contributed by atoms with E-state index in [0.717, 1.165) is 5.69 Å². The van der Waals surface area contributed by atoms with Gasteiger partial charge in [0, 0.05) is 17.4 Å². The van der Waals surface area contributed by atoms with Crippen molar-refractivity contribution in [1.82, 2.24) is 0 Å². The summed E-state index contributed by atoms with van der Waals surface area (Å²) >= 11 is 0. The van der Waals surface area contributed by atoms with E-state index in [4.69, 9.17) is 15.6 Å². The summed E-state index contributed by atoms with van der Waals surface area (Å²) in [7, 11) is 0. The number of anilines is 3. The lowest BCUT2D eigenvalue weighted by molar-refractivity contribution is -0.115. The minimum Gasteiger partial charge on any atom is -0.487 e. The summed E-state index contributed by atoms with van der Waals surface area (Å²) in [6, 6.07) is 11.4. The Hall–Kier alpha value is -3.22. The SMILES string of the molecule is CC1CN(CC(=O)Nc2ccc(C(=O)O)cc2)c2ccc(N)cc2O1. The van der Waals surface area contributed by atoms with Gasteiger partial charge in [0.2, 0.25) is 5.91 Å². The number of carboxylic acids is 1. The predicted molar refractivity (Wildman–Crippen MR) is 95.2 cm³/mol. The quantitative estimate of drug-likeness (QED) is 0.736. The van der Waals surface area contributed by atoms with E-state index in [1.807, 2.05) is 17.9 Å². The van der Waals surface area contributed by atoms with Crippen molar-refractivity contribution in [1.29, 1.82) is 0 Å². The monoisotopic (exact) mass is 341 g/mol. The molecule has 1 unspecified atom stereocenters. The van der Waals surface area contributed by atoms with Crippen LogP contribution in [0.15, 0.2) is 42.5 Å². The lowest BCUT2D eigenvalue weighted by Crippen LogP contribution is -2.42. The van der Waals surface area contributed by atoms with Crippen LogP contribution in [0.25, 0.3) is 0 Å². The van der Waals surface area contributed by atoms with Crippen LogP contribution in [-0.2, 0) is 4.79 Å². The Labute approximate surface area is 145 Å². The van der Waals surface area contributed by atoms with Gasteiger partial charge in [-0.1, -0.05) is 0 Å². The number of carbonyl (C=O) groups is 2. The molecule has 2 aromatic carbocycles. The summed E-state index contributed by atoms with van der Waals surface area (Å²) in [5.41, 5.74) is 7.94. The number of fused-ring (bicyclic) bond motifs is 1. The molecule has 3 rings (SSSR count). The van der Waals surface area contributed by atoms with Gasteiger partial charge in [-0.05, 0) is 43.3 Å². The maximum absolute atomic E-state index is 12.3. The lowest BCUT2D eigenvalue weighted by atomic mass is 10.1. The van der Waals surface area contributed by atoms with Crippen molar-refractivity contribution in [3.8, 4) is 5.75 Å². The maximum Gasteiger partial charge on any atom is 0.335 e. The van der Waals surface area contributed by atoms with Crippen LogP contribution in [0.1, 0.15) is 17.3 Å². The van der Waals surface area contributed by atoms with E-state index in [1.54, 1.807) is 24.3 Å². The van der Waals surface area contributed by atoms with Crippen LogP contribution in [0, 0.1) is 0 Å². The number of nitrogens with zero attached hydrogens (tertiary/aromatic N) is 1. The number of ether oxygens (including phenoxy) is 1. The van der Waals surface area contributed by atoms with Crippen molar-refractivity contribution >= 4 is 28.9 Å². The second kappa shape index (κ2) is 6.72. The molecule has 0 aliphatic carbocycles. The van der Waals surface area contributed by atoms with Gasteiger partial charge >= 0.3 is 5.97 Å². The zero-order chi connectivity index (χ0) is 18.0. The number of carboxylic acid groups (broad SMARTS) is 1. The second-order valence-electron chi connectivity index (χ2n) is 5.97. The number of aromatic carboxylic acids is 1. The number of hydrogen-bond acceptors (Lipinski definition) is 5. The number of carbonyl (C=O) groups excluding carboxylic acids is 1. The number of nitrogens with two attached hydrogens (primary N) is 1. The Bertz CT molecular complexity index is 804. The fraction of sp³-hybridized carbons (Fsp3) is 0.222. The van der Waals surface area contributed by atoms with Gasteiger partial charge in [0.05, 0.1) is 24.3 Å². The van der Waals surface area contributed by atoms with E-state index in [0.29, 0.717) is 23.7 Å². The molecule has 2 aromatic rings. The Morgan fingerprint density at radius 1 is 1.28 bits per heavy atom. The van der Waals surface area contributed by atoms with Gasteiger partial charge in [0.15, 0.2) is 0 Å². The molecule has 0 spiro atoms. The molecule has 1 aliphatic heterocycles. The molecule has 25 heavy (non-hydrogen) atoms. The van der Waals surface area contributed by atoms with Crippen LogP contribution < -0.4 is 20.7 Å². The van der Waals surface area contributed by atoms with E-state index in [2.05, 4.69) is 5.32 Å². The first-order chi connectivity index (χ1) is 11.9. The van der Waals surface area contributed by atoms with Crippen molar-refractivity contribution in [2.45, 2.75) is 13.0 Å². The highest BCUT2D eigenvalue weighted by Crippen LogP contribution is 2.34. The first-order valence-corrected chi connectivity index (χ1v) is 7.86. The third kappa shape index (κ3) is 3.82. The van der Waals surface area contributed by atoms with Gasteiger partial charge in [-0.15, -0.1) is 0 Å². The van der Waals surface area contributed by atoms with E-state index in [-0.39, 0.29) is 24.1 Å². The van der Waals surface area contributed by atoms with Crippen molar-refractivity contribution < 1.29 is 19.4 Å². The molecule has 0 aromatic heterocycles. The average Bonchev–Trinajstić information content (AvgIpc) is 2.54. The number of amides is 1. The summed E-state index contributed by atoms with van der Waals surface area (Å²) in [6.07, 6.45) is -0.0584. The zero-order valence-corrected chi connectivity index (χ0v) is 13.7. The molecule has 0 fully saturated rings. The van der Waals surface area contributed by atoms with Gasteiger partial charge in [0.1, 0.15) is 11.9 Å². The molecule has 130 valence electrons. The maximum atomic E-state index is 12.3. The van der Waals surface area contributed by atoms with Crippen LogP contribution in [-0.4, -0.2) is 36.2 Å². The number of hydrogen-bond donors (Lipinski definition) is 3. The lowest BCUT2D eigenvalue weighted by Gasteiger charge is -2.34. The molecule has 4 N–H and O–H groups in total. The average molecular weight is 341 g/mol. The molecule has 0 radical (unpaired) electrons. The van der Waals surface area contributed by atoms with Gasteiger partial charge in [-0.3, -0.25) is 4.79 Å². The van der Waals surface area contributed by atoms with Crippen LogP contribution in [0.4, 0.5) is 17.1 Å². The number of nitrogen functional groups attached to an aromatic ring is 1. The number of nitrogens with one attached hydrogen (secondary N) is 1. The Balaban J connectivity index is 1.70. The number of benzene rings is 2. The molecule has 0 bridgehead atoms. The molecule has 0 saturated heterocycles. The minimum absolute atomic E-state index is 0.0584. The summed E-state index contributed by atoms with van der Waals surface area (Å²) in [5, 5.41) is 11.7. The summed E-state index contributed by atoms with van der Waals surface area (Å²) in [6.45, 7) is 2.68. The van der Waals surface area contributed by atoms with E-state index in [9.17, 15) is 9.59 Å². The Kier molecular flexibility index (Phi) is 4.47. The third-order valence-electron chi connectivity index (χ3n) is 3.88. The first-order valence-electron chi connectivity index (χ1n) is 7.86. The van der Waals surface area contributed by atoms with Gasteiger partial charge in [-0.2, -0.15) is 0 Å². The van der Waals surface area contributed by atoms with Crippen LogP contribution in [0.5, 0.6) is 5.75 Å². The highest BCUT2D eigenvalue weighted by atomic mass is 16.5. The fourth-order valence-electron chi connectivity index (χ4n) is 2.77. The van der Waals surface area contributed by atoms with Gasteiger partial charge < -0.3 is 25.8 Å². The van der Waals surface area contributed by atoms with Crippen molar-refractivity contribution in [3.05, 3.63) is 48.0 Å². The van der Waals surface area contributed by atoms with Gasteiger partial charge in [-0.25, -0.2) is 4.79 Å². The van der Waals surface area contributed by atoms with Crippen molar-refractivity contribution in [2.24, 2.45) is 0 Å². The summed E-state index contributed by atoms with van der Waals surface area (Å²) in [4.78, 5) is 25.1. The minimum atomic E-state index is -1.00. The molecule has 1 aliphatic rings. The molecule has 7 heteroatoms. The molecular weight excluding hydrogens is 322 g/mol. The standard InChI is InChI=1S/C18H19N3O4/c1-11-9-21(15-7-4-13(19)8-16(15)25-11)10-17(22)20-14-5-2-12(3-6-14)18(23)24/h2-8,11H,9-10,19H2,1H3,(H,20,22)(H,23,24). The van der Waals surface area contributed by atoms with Crippen molar-refractivity contribution in [2.75, 3.05) is 29.0 Å². The topological polar surface area (TPSA) is 105 Å². The Morgan fingerprint density at radius 2 is 2.00 bits per heavy atom. The first kappa shape index (κ1) is 16.6. The number of rotatable bonds is 4. The molecule has 1 amide bonds. The van der Waals surface area contributed by atoms with Crippen LogP contribution >= 0.6 is 0 Å². The smallest absolute Gasteiger partial charge is 0.335 e. The highest BCUT2D eigenvalue weighted by Gasteiger charge is 2.24. The normalized spacial score (nSPS) is 15.9. The van der Waals surface area contributed by atoms with Gasteiger partial charge in [0.25, 0.3) is 0 Å². The second-order valence-corrected chi connectivity index (χ2v) is 5.97. The van der Waals surface area contributed by atoms with Crippen molar-refractivity contribution in [3.63, 3.8) is 0 Å². The van der Waals surface area contributed by atoms with E-state index < -0.39 is 5.97 Å².